The van der Waals surface area contributed by atoms with Gasteiger partial charge in [0, 0.05) is 19.8 Å². The summed E-state index contributed by atoms with van der Waals surface area (Å²) in [6.45, 7) is 1.70. The summed E-state index contributed by atoms with van der Waals surface area (Å²) in [5.74, 6) is -1.27. The summed E-state index contributed by atoms with van der Waals surface area (Å²) in [5.41, 5.74) is 4.21. The van der Waals surface area contributed by atoms with Gasteiger partial charge in [0.25, 0.3) is 0 Å². The predicted octanol–water partition coefficient (Wildman–Crippen LogP) is 3.61. The molecule has 0 radical (unpaired) electrons. The predicted molar refractivity (Wildman–Crippen MR) is 82.3 cm³/mol. The molecule has 3 nitrogen and oxygen atoms in total. The van der Waals surface area contributed by atoms with Crippen LogP contribution in [0.15, 0.2) is 48.5 Å². The summed E-state index contributed by atoms with van der Waals surface area (Å²) in [6.07, 6.45) is 0. The van der Waals surface area contributed by atoms with Crippen molar-refractivity contribution in [3.05, 3.63) is 54.1 Å². The molecule has 0 fully saturated rings. The van der Waals surface area contributed by atoms with Crippen LogP contribution < -0.4 is 4.90 Å². The highest BCUT2D eigenvalue weighted by Gasteiger charge is 2.13. The zero-order valence-corrected chi connectivity index (χ0v) is 12.0. The minimum absolute atomic E-state index is 0.472. The highest BCUT2D eigenvalue weighted by atomic mass is 16.4. The molecule has 104 valence electrons. The Bertz CT molecular complexity index is 585. The van der Waals surface area contributed by atoms with Gasteiger partial charge in [-0.15, -0.1) is 0 Å². The molecule has 0 aliphatic heterocycles. The van der Waals surface area contributed by atoms with E-state index in [1.165, 1.54) is 0 Å². The first-order chi connectivity index (χ1) is 9.49. The van der Waals surface area contributed by atoms with Gasteiger partial charge in [-0.1, -0.05) is 36.4 Å². The first-order valence-corrected chi connectivity index (χ1v) is 6.59. The summed E-state index contributed by atoms with van der Waals surface area (Å²) in [7, 11) is 4.02. The average Bonchev–Trinajstić information content (AvgIpc) is 2.46. The van der Waals surface area contributed by atoms with Gasteiger partial charge in [0.1, 0.15) is 0 Å². The van der Waals surface area contributed by atoms with Crippen molar-refractivity contribution in [2.45, 2.75) is 12.8 Å². The summed E-state index contributed by atoms with van der Waals surface area (Å²) in [4.78, 5) is 13.0. The van der Waals surface area contributed by atoms with E-state index in [4.69, 9.17) is 5.11 Å². The van der Waals surface area contributed by atoms with E-state index in [1.54, 1.807) is 6.92 Å². The Kier molecular flexibility index (Phi) is 4.08. The van der Waals surface area contributed by atoms with Gasteiger partial charge in [-0.2, -0.15) is 0 Å². The SMILES string of the molecule is CC(C(=O)O)c1ccc(-c2ccc(N(C)C)cc2)cc1. The molecule has 0 aliphatic carbocycles. The molecule has 1 N–H and O–H groups in total. The average molecular weight is 269 g/mol. The molecule has 2 aromatic rings. The maximum atomic E-state index is 11.0. The number of anilines is 1. The Morgan fingerprint density at radius 2 is 1.40 bits per heavy atom. The molecule has 2 aromatic carbocycles. The number of carboxylic acid groups (broad SMARTS) is 1. The second kappa shape index (κ2) is 5.78. The van der Waals surface area contributed by atoms with Crippen LogP contribution in [-0.4, -0.2) is 25.2 Å². The van der Waals surface area contributed by atoms with Gasteiger partial charge in [-0.05, 0) is 35.7 Å². The molecule has 1 atom stereocenters. The fourth-order valence-electron chi connectivity index (χ4n) is 2.06. The molecule has 2 rings (SSSR count). The fourth-order valence-corrected chi connectivity index (χ4v) is 2.06. The third-order valence-electron chi connectivity index (χ3n) is 3.50. The van der Waals surface area contributed by atoms with E-state index in [-0.39, 0.29) is 0 Å². The van der Waals surface area contributed by atoms with Crippen LogP contribution in [-0.2, 0) is 4.79 Å². The van der Waals surface area contributed by atoms with Gasteiger partial charge in [0.2, 0.25) is 0 Å². The molecule has 0 aromatic heterocycles. The van der Waals surface area contributed by atoms with E-state index in [0.29, 0.717) is 0 Å². The number of carboxylic acids is 1. The largest absolute Gasteiger partial charge is 0.481 e. The standard InChI is InChI=1S/C17H19NO2/c1-12(17(19)20)13-4-6-14(7-5-13)15-8-10-16(11-9-15)18(2)3/h4-12H,1-3H3,(H,19,20). The molecule has 1 unspecified atom stereocenters. The Morgan fingerprint density at radius 3 is 1.80 bits per heavy atom. The number of aliphatic carboxylic acids is 1. The first-order valence-electron chi connectivity index (χ1n) is 6.59. The minimum atomic E-state index is -0.798. The van der Waals surface area contributed by atoms with Crippen LogP contribution in [0, 0.1) is 0 Å². The molecule has 0 heterocycles. The summed E-state index contributed by atoms with van der Waals surface area (Å²) < 4.78 is 0. The number of rotatable bonds is 4. The van der Waals surface area contributed by atoms with Crippen molar-refractivity contribution in [3.8, 4) is 11.1 Å². The van der Waals surface area contributed by atoms with Crippen LogP contribution in [0.25, 0.3) is 11.1 Å². The zero-order chi connectivity index (χ0) is 14.7. The Balaban J connectivity index is 2.23. The first kappa shape index (κ1) is 14.1. The second-order valence-corrected chi connectivity index (χ2v) is 5.12. The van der Waals surface area contributed by atoms with Crippen LogP contribution in [0.3, 0.4) is 0 Å². The van der Waals surface area contributed by atoms with Crippen molar-refractivity contribution in [2.24, 2.45) is 0 Å². The van der Waals surface area contributed by atoms with Crippen molar-refractivity contribution in [3.63, 3.8) is 0 Å². The number of benzene rings is 2. The van der Waals surface area contributed by atoms with Gasteiger partial charge in [0.15, 0.2) is 0 Å². The molecule has 3 heteroatoms. The van der Waals surface area contributed by atoms with Gasteiger partial charge in [-0.3, -0.25) is 4.79 Å². The third-order valence-corrected chi connectivity index (χ3v) is 3.50. The van der Waals surface area contributed by atoms with Gasteiger partial charge in [0.05, 0.1) is 5.92 Å². The van der Waals surface area contributed by atoms with Crippen molar-refractivity contribution >= 4 is 11.7 Å². The lowest BCUT2D eigenvalue weighted by Gasteiger charge is -2.13. The highest BCUT2D eigenvalue weighted by Crippen LogP contribution is 2.24. The minimum Gasteiger partial charge on any atom is -0.481 e. The fraction of sp³-hybridized carbons (Fsp3) is 0.235. The molecule has 0 amide bonds. The number of carbonyl (C=O) groups is 1. The maximum absolute atomic E-state index is 11.0. The van der Waals surface area contributed by atoms with Crippen LogP contribution >= 0.6 is 0 Å². The monoisotopic (exact) mass is 269 g/mol. The molecule has 0 spiro atoms. The van der Waals surface area contributed by atoms with E-state index in [2.05, 4.69) is 29.2 Å². The molecular weight excluding hydrogens is 250 g/mol. The van der Waals surface area contributed by atoms with E-state index in [1.807, 2.05) is 38.4 Å². The van der Waals surface area contributed by atoms with Crippen LogP contribution in [0.1, 0.15) is 18.4 Å². The number of nitrogens with zero attached hydrogens (tertiary/aromatic N) is 1. The van der Waals surface area contributed by atoms with Crippen molar-refractivity contribution < 1.29 is 9.90 Å². The van der Waals surface area contributed by atoms with Crippen molar-refractivity contribution in [1.82, 2.24) is 0 Å². The van der Waals surface area contributed by atoms with Gasteiger partial charge < -0.3 is 10.0 Å². The zero-order valence-electron chi connectivity index (χ0n) is 12.0. The van der Waals surface area contributed by atoms with E-state index >= 15 is 0 Å². The molecule has 0 aliphatic rings. The molecule has 0 bridgehead atoms. The maximum Gasteiger partial charge on any atom is 0.310 e. The van der Waals surface area contributed by atoms with E-state index in [9.17, 15) is 4.79 Å². The Morgan fingerprint density at radius 1 is 0.950 bits per heavy atom. The quantitative estimate of drug-likeness (QED) is 0.921. The van der Waals surface area contributed by atoms with Gasteiger partial charge in [-0.25, -0.2) is 0 Å². The summed E-state index contributed by atoms with van der Waals surface area (Å²) in [5, 5.41) is 9.00. The van der Waals surface area contributed by atoms with Gasteiger partial charge >= 0.3 is 5.97 Å². The Hall–Kier alpha value is -2.29. The van der Waals surface area contributed by atoms with E-state index in [0.717, 1.165) is 22.4 Å². The molecule has 0 saturated heterocycles. The topological polar surface area (TPSA) is 40.5 Å². The molecule has 0 saturated carbocycles. The summed E-state index contributed by atoms with van der Waals surface area (Å²) in [6, 6.07) is 16.0. The van der Waals surface area contributed by atoms with Crippen LogP contribution in [0.5, 0.6) is 0 Å². The van der Waals surface area contributed by atoms with Crippen molar-refractivity contribution in [2.75, 3.05) is 19.0 Å². The van der Waals surface area contributed by atoms with Crippen LogP contribution in [0.2, 0.25) is 0 Å². The molecule has 20 heavy (non-hydrogen) atoms. The highest BCUT2D eigenvalue weighted by molar-refractivity contribution is 5.76. The summed E-state index contributed by atoms with van der Waals surface area (Å²) >= 11 is 0. The normalized spacial score (nSPS) is 11.9. The number of hydrogen-bond donors (Lipinski definition) is 1. The lowest BCUT2D eigenvalue weighted by atomic mass is 9.97. The molecular formula is C17H19NO2. The Labute approximate surface area is 119 Å². The smallest absolute Gasteiger partial charge is 0.310 e. The number of hydrogen-bond acceptors (Lipinski definition) is 2. The third kappa shape index (κ3) is 2.99. The lowest BCUT2D eigenvalue weighted by Crippen LogP contribution is -2.08. The van der Waals surface area contributed by atoms with E-state index < -0.39 is 11.9 Å². The lowest BCUT2D eigenvalue weighted by molar-refractivity contribution is -0.138. The second-order valence-electron chi connectivity index (χ2n) is 5.12. The van der Waals surface area contributed by atoms with Crippen LogP contribution in [0.4, 0.5) is 5.69 Å². The van der Waals surface area contributed by atoms with Crippen molar-refractivity contribution in [1.29, 1.82) is 0 Å².